The topological polar surface area (TPSA) is 67.4 Å². The Morgan fingerprint density at radius 3 is 2.69 bits per heavy atom. The van der Waals surface area contributed by atoms with Crippen LogP contribution >= 0.6 is 11.6 Å². The number of hydrogen-bond acceptors (Lipinski definition) is 3. The molecule has 8 heteroatoms. The highest BCUT2D eigenvalue weighted by Gasteiger charge is 2.23. The van der Waals surface area contributed by atoms with E-state index in [-0.39, 0.29) is 35.4 Å². The van der Waals surface area contributed by atoms with E-state index in [1.807, 2.05) is 0 Å². The lowest BCUT2D eigenvalue weighted by molar-refractivity contribution is -0.122. The monoisotopic (exact) mass is 380 g/mol. The molecule has 26 heavy (non-hydrogen) atoms. The van der Waals surface area contributed by atoms with Gasteiger partial charge in [-0.25, -0.2) is 8.78 Å². The maximum atomic E-state index is 13.8. The van der Waals surface area contributed by atoms with Crippen molar-refractivity contribution >= 4 is 23.4 Å². The van der Waals surface area contributed by atoms with Crippen LogP contribution in [0.25, 0.3) is 0 Å². The van der Waals surface area contributed by atoms with E-state index in [0.717, 1.165) is 12.1 Å². The quantitative estimate of drug-likeness (QED) is 0.854. The van der Waals surface area contributed by atoms with Crippen LogP contribution in [0.2, 0.25) is 5.02 Å². The fourth-order valence-electron chi connectivity index (χ4n) is 2.62. The minimum absolute atomic E-state index is 0.0673. The van der Waals surface area contributed by atoms with Crippen molar-refractivity contribution < 1.29 is 23.1 Å². The summed E-state index contributed by atoms with van der Waals surface area (Å²) in [5.41, 5.74) is 0.0900. The van der Waals surface area contributed by atoms with Gasteiger partial charge in [-0.05, 0) is 36.8 Å². The van der Waals surface area contributed by atoms with Crippen LogP contribution in [-0.2, 0) is 4.79 Å². The minimum atomic E-state index is -0.893. The van der Waals surface area contributed by atoms with Crippen molar-refractivity contribution in [2.45, 2.75) is 18.9 Å². The summed E-state index contributed by atoms with van der Waals surface area (Å²) in [6.45, 7) is 0.476. The number of halogens is 3. The first-order valence-electron chi connectivity index (χ1n) is 7.92. The Hall–Kier alpha value is -2.67. The summed E-state index contributed by atoms with van der Waals surface area (Å²) in [6, 6.07) is 6.85. The summed E-state index contributed by atoms with van der Waals surface area (Å²) in [5.74, 6) is -2.42. The third-order valence-electron chi connectivity index (χ3n) is 3.88. The summed E-state index contributed by atoms with van der Waals surface area (Å²) in [4.78, 5) is 24.0. The molecule has 0 aliphatic carbocycles. The molecule has 1 unspecified atom stereocenters. The predicted molar refractivity (Wildman–Crippen MR) is 91.4 cm³/mol. The van der Waals surface area contributed by atoms with Crippen LogP contribution in [0.15, 0.2) is 36.4 Å². The van der Waals surface area contributed by atoms with Gasteiger partial charge in [-0.15, -0.1) is 0 Å². The van der Waals surface area contributed by atoms with E-state index >= 15 is 0 Å². The molecule has 5 nitrogen and oxygen atoms in total. The van der Waals surface area contributed by atoms with Crippen LogP contribution in [0.4, 0.5) is 8.78 Å². The second-order valence-corrected chi connectivity index (χ2v) is 6.27. The van der Waals surface area contributed by atoms with E-state index < -0.39 is 17.5 Å². The van der Waals surface area contributed by atoms with Crippen molar-refractivity contribution in [3.8, 4) is 11.5 Å². The fourth-order valence-corrected chi connectivity index (χ4v) is 2.79. The molecule has 1 aliphatic rings. The molecule has 1 aliphatic heterocycles. The molecule has 0 aromatic heterocycles. The maximum absolute atomic E-state index is 13.8. The number of piperidine rings is 1. The first-order chi connectivity index (χ1) is 12.4. The molecular formula is C18H15ClF2N2O3. The average molecular weight is 381 g/mol. The molecule has 0 bridgehead atoms. The Morgan fingerprint density at radius 1 is 1.19 bits per heavy atom. The van der Waals surface area contributed by atoms with Gasteiger partial charge in [0.05, 0.1) is 5.56 Å². The van der Waals surface area contributed by atoms with Gasteiger partial charge in [0.2, 0.25) is 5.91 Å². The zero-order valence-corrected chi connectivity index (χ0v) is 14.3. The van der Waals surface area contributed by atoms with Crippen molar-refractivity contribution in [3.05, 3.63) is 58.6 Å². The molecule has 2 aromatic carbocycles. The molecule has 2 amide bonds. The van der Waals surface area contributed by atoms with Gasteiger partial charge in [0.25, 0.3) is 5.91 Å². The molecule has 0 spiro atoms. The van der Waals surface area contributed by atoms with Gasteiger partial charge in [0.1, 0.15) is 11.6 Å². The average Bonchev–Trinajstić information content (AvgIpc) is 2.58. The van der Waals surface area contributed by atoms with Gasteiger partial charge in [-0.1, -0.05) is 11.6 Å². The summed E-state index contributed by atoms with van der Waals surface area (Å²) in [7, 11) is 0. The largest absolute Gasteiger partial charge is 0.453 e. The number of amides is 2. The smallest absolute Gasteiger partial charge is 0.255 e. The van der Waals surface area contributed by atoms with Gasteiger partial charge in [0, 0.05) is 30.1 Å². The number of carbonyl (C=O) groups is 2. The van der Waals surface area contributed by atoms with Gasteiger partial charge in [0.15, 0.2) is 11.6 Å². The molecule has 1 atom stereocenters. The van der Waals surface area contributed by atoms with Crippen LogP contribution in [-0.4, -0.2) is 24.4 Å². The lowest BCUT2D eigenvalue weighted by Crippen LogP contribution is -2.45. The second kappa shape index (κ2) is 7.70. The van der Waals surface area contributed by atoms with Crippen LogP contribution < -0.4 is 15.4 Å². The molecule has 1 fully saturated rings. The Morgan fingerprint density at radius 2 is 1.96 bits per heavy atom. The number of ether oxygens (including phenoxy) is 1. The standard InChI is InChI=1S/C18H15ClF2N2O3/c19-10-1-3-15(26-16-4-2-11(20)8-14(16)21)13(7-10)18(25)23-12-5-6-22-17(24)9-12/h1-4,7-8,12H,5-6,9H2,(H,22,24)(H,23,25). The van der Waals surface area contributed by atoms with E-state index in [9.17, 15) is 18.4 Å². The van der Waals surface area contributed by atoms with Gasteiger partial charge in [-0.2, -0.15) is 0 Å². The third-order valence-corrected chi connectivity index (χ3v) is 4.12. The first-order valence-corrected chi connectivity index (χ1v) is 8.30. The van der Waals surface area contributed by atoms with E-state index in [2.05, 4.69) is 10.6 Å². The highest BCUT2D eigenvalue weighted by atomic mass is 35.5. The molecule has 3 rings (SSSR count). The zero-order chi connectivity index (χ0) is 18.7. The number of nitrogens with one attached hydrogen (secondary N) is 2. The van der Waals surface area contributed by atoms with Gasteiger partial charge < -0.3 is 15.4 Å². The van der Waals surface area contributed by atoms with Gasteiger partial charge in [-0.3, -0.25) is 9.59 Å². The fraction of sp³-hybridized carbons (Fsp3) is 0.222. The summed E-state index contributed by atoms with van der Waals surface area (Å²) >= 11 is 5.96. The van der Waals surface area contributed by atoms with Crippen molar-refractivity contribution in [2.24, 2.45) is 0 Å². The molecule has 2 N–H and O–H groups in total. The maximum Gasteiger partial charge on any atom is 0.255 e. The molecule has 0 saturated carbocycles. The lowest BCUT2D eigenvalue weighted by Gasteiger charge is -2.23. The summed E-state index contributed by atoms with van der Waals surface area (Å²) < 4.78 is 32.3. The number of hydrogen-bond donors (Lipinski definition) is 2. The highest BCUT2D eigenvalue weighted by molar-refractivity contribution is 6.31. The Labute approximate surface area is 153 Å². The zero-order valence-electron chi connectivity index (χ0n) is 13.5. The Bertz CT molecular complexity index is 860. The predicted octanol–water partition coefficient (Wildman–Crippen LogP) is 3.42. The van der Waals surface area contributed by atoms with Crippen LogP contribution in [0, 0.1) is 11.6 Å². The molecular weight excluding hydrogens is 366 g/mol. The van der Waals surface area contributed by atoms with Crippen molar-refractivity contribution in [2.75, 3.05) is 6.54 Å². The van der Waals surface area contributed by atoms with Crippen LogP contribution in [0.5, 0.6) is 11.5 Å². The number of rotatable bonds is 4. The molecule has 136 valence electrons. The van der Waals surface area contributed by atoms with Crippen LogP contribution in [0.1, 0.15) is 23.2 Å². The normalized spacial score (nSPS) is 16.7. The number of carbonyl (C=O) groups excluding carboxylic acids is 2. The second-order valence-electron chi connectivity index (χ2n) is 5.83. The Kier molecular flexibility index (Phi) is 5.37. The van der Waals surface area contributed by atoms with E-state index in [4.69, 9.17) is 16.3 Å². The first kappa shape index (κ1) is 18.1. The molecule has 0 radical (unpaired) electrons. The summed E-state index contributed by atoms with van der Waals surface area (Å²) in [6.07, 6.45) is 0.774. The molecule has 1 heterocycles. The van der Waals surface area contributed by atoms with Gasteiger partial charge >= 0.3 is 0 Å². The van der Waals surface area contributed by atoms with Crippen molar-refractivity contribution in [3.63, 3.8) is 0 Å². The van der Waals surface area contributed by atoms with Crippen LogP contribution in [0.3, 0.4) is 0 Å². The third kappa shape index (κ3) is 4.29. The number of benzene rings is 2. The SMILES string of the molecule is O=C1CC(NC(=O)c2cc(Cl)ccc2Oc2ccc(F)cc2F)CCN1. The highest BCUT2D eigenvalue weighted by Crippen LogP contribution is 2.30. The van der Waals surface area contributed by atoms with Crippen molar-refractivity contribution in [1.82, 2.24) is 10.6 Å². The summed E-state index contributed by atoms with van der Waals surface area (Å²) in [5, 5.41) is 5.73. The lowest BCUT2D eigenvalue weighted by atomic mass is 10.1. The minimum Gasteiger partial charge on any atom is -0.453 e. The Balaban J connectivity index is 1.83. The van der Waals surface area contributed by atoms with E-state index in [1.165, 1.54) is 18.2 Å². The van der Waals surface area contributed by atoms with E-state index in [0.29, 0.717) is 24.1 Å². The van der Waals surface area contributed by atoms with E-state index in [1.54, 1.807) is 0 Å². The molecule has 1 saturated heterocycles. The molecule has 2 aromatic rings. The van der Waals surface area contributed by atoms with Crippen molar-refractivity contribution in [1.29, 1.82) is 0 Å².